The molecule has 0 saturated heterocycles. The number of ether oxygens (including phenoxy) is 1. The fourth-order valence-corrected chi connectivity index (χ4v) is 1.78. The van der Waals surface area contributed by atoms with Crippen LogP contribution in [0.15, 0.2) is 24.3 Å². The lowest BCUT2D eigenvalue weighted by atomic mass is 10.2. The van der Waals surface area contributed by atoms with E-state index in [0.29, 0.717) is 0 Å². The number of esters is 1. The molecule has 0 unspecified atom stereocenters. The van der Waals surface area contributed by atoms with Crippen LogP contribution in [0.5, 0.6) is 0 Å². The molecule has 1 aromatic heterocycles. The molecule has 0 saturated carbocycles. The van der Waals surface area contributed by atoms with E-state index >= 15 is 0 Å². The highest BCUT2D eigenvalue weighted by atomic mass is 16.5. The zero-order valence-electron chi connectivity index (χ0n) is 9.43. The van der Waals surface area contributed by atoms with Crippen LogP contribution in [-0.4, -0.2) is 22.9 Å². The maximum atomic E-state index is 11.3. The van der Waals surface area contributed by atoms with Gasteiger partial charge in [0.2, 0.25) is 0 Å². The lowest BCUT2D eigenvalue weighted by Gasteiger charge is -1.95. The first-order chi connectivity index (χ1) is 7.76. The summed E-state index contributed by atoms with van der Waals surface area (Å²) in [4.78, 5) is 11.3. The number of aromatic nitrogens is 2. The smallest absolute Gasteiger partial charge is 0.311 e. The Morgan fingerprint density at radius 2 is 2.19 bits per heavy atom. The molecule has 2 aromatic rings. The molecule has 0 spiro atoms. The molecule has 0 fully saturated rings. The predicted octanol–water partition coefficient (Wildman–Crippen LogP) is 1.77. The number of para-hydroxylation sites is 1. The highest BCUT2D eigenvalue weighted by Gasteiger charge is 2.12. The van der Waals surface area contributed by atoms with Crippen LogP contribution < -0.4 is 0 Å². The van der Waals surface area contributed by atoms with E-state index in [1.54, 1.807) is 0 Å². The lowest BCUT2D eigenvalue weighted by Crippen LogP contribution is -2.06. The van der Waals surface area contributed by atoms with Gasteiger partial charge in [0.25, 0.3) is 0 Å². The topological polar surface area (TPSA) is 44.1 Å². The van der Waals surface area contributed by atoms with E-state index in [4.69, 9.17) is 0 Å². The Labute approximate surface area is 93.8 Å². The maximum absolute atomic E-state index is 11.3. The van der Waals surface area contributed by atoms with Crippen LogP contribution in [0, 0.1) is 0 Å². The second-order valence-electron chi connectivity index (χ2n) is 3.53. The summed E-state index contributed by atoms with van der Waals surface area (Å²) in [5, 5.41) is 5.43. The number of nitrogens with zero attached hydrogens (tertiary/aromatic N) is 2. The summed E-state index contributed by atoms with van der Waals surface area (Å²) in [5.74, 6) is -0.258. The Balaban J connectivity index is 2.49. The molecule has 1 aromatic carbocycles. The van der Waals surface area contributed by atoms with Crippen molar-refractivity contribution in [2.24, 2.45) is 0 Å². The molecule has 0 amide bonds. The van der Waals surface area contributed by atoms with Gasteiger partial charge in [-0.2, -0.15) is 5.10 Å². The number of benzene rings is 1. The van der Waals surface area contributed by atoms with Gasteiger partial charge in [0, 0.05) is 11.9 Å². The van der Waals surface area contributed by atoms with Gasteiger partial charge in [-0.05, 0) is 13.0 Å². The summed E-state index contributed by atoms with van der Waals surface area (Å²) in [7, 11) is 1.39. The molecule has 0 aliphatic heterocycles. The van der Waals surface area contributed by atoms with Gasteiger partial charge >= 0.3 is 5.97 Å². The van der Waals surface area contributed by atoms with Crippen LogP contribution in [-0.2, 0) is 22.5 Å². The largest absolute Gasteiger partial charge is 0.469 e. The Bertz CT molecular complexity index is 517. The Morgan fingerprint density at radius 3 is 2.88 bits per heavy atom. The van der Waals surface area contributed by atoms with Gasteiger partial charge in [0.15, 0.2) is 0 Å². The average Bonchev–Trinajstić information content (AvgIpc) is 2.68. The van der Waals surface area contributed by atoms with Crippen LogP contribution in [0.4, 0.5) is 0 Å². The van der Waals surface area contributed by atoms with E-state index in [1.807, 2.05) is 35.9 Å². The third-order valence-electron chi connectivity index (χ3n) is 2.57. The fraction of sp³-hybridized carbons (Fsp3) is 0.333. The number of aryl methyl sites for hydroxylation is 1. The lowest BCUT2D eigenvalue weighted by molar-refractivity contribution is -0.139. The third kappa shape index (κ3) is 1.78. The molecule has 4 nitrogen and oxygen atoms in total. The van der Waals surface area contributed by atoms with Crippen LogP contribution in [0.1, 0.15) is 12.6 Å². The van der Waals surface area contributed by atoms with E-state index in [2.05, 4.69) is 9.84 Å². The zero-order valence-corrected chi connectivity index (χ0v) is 9.43. The summed E-state index contributed by atoms with van der Waals surface area (Å²) >= 11 is 0. The Hall–Kier alpha value is -1.84. The molecule has 0 atom stereocenters. The summed E-state index contributed by atoms with van der Waals surface area (Å²) in [6.07, 6.45) is 0.226. The highest BCUT2D eigenvalue weighted by molar-refractivity contribution is 5.85. The van der Waals surface area contributed by atoms with Gasteiger partial charge in [0.1, 0.15) is 0 Å². The van der Waals surface area contributed by atoms with Crippen molar-refractivity contribution in [2.75, 3.05) is 7.11 Å². The standard InChI is InChI=1S/C12H14N2O2/c1-3-14-11-7-5-4-6-9(11)10(13-14)8-12(15)16-2/h4-7H,3,8H2,1-2H3. The van der Waals surface area contributed by atoms with Crippen molar-refractivity contribution >= 4 is 16.9 Å². The molecule has 4 heteroatoms. The van der Waals surface area contributed by atoms with Crippen LogP contribution in [0.2, 0.25) is 0 Å². The molecule has 16 heavy (non-hydrogen) atoms. The van der Waals surface area contributed by atoms with Crippen LogP contribution in [0.25, 0.3) is 10.9 Å². The van der Waals surface area contributed by atoms with Crippen molar-refractivity contribution < 1.29 is 9.53 Å². The minimum atomic E-state index is -0.258. The fourth-order valence-electron chi connectivity index (χ4n) is 1.78. The molecule has 84 valence electrons. The second-order valence-corrected chi connectivity index (χ2v) is 3.53. The van der Waals surface area contributed by atoms with Crippen molar-refractivity contribution in [3.05, 3.63) is 30.0 Å². The van der Waals surface area contributed by atoms with Gasteiger partial charge in [-0.1, -0.05) is 18.2 Å². The number of hydrogen-bond acceptors (Lipinski definition) is 3. The van der Waals surface area contributed by atoms with E-state index < -0.39 is 0 Å². The molecular formula is C12H14N2O2. The van der Waals surface area contributed by atoms with Gasteiger partial charge < -0.3 is 4.74 Å². The molecule has 0 aliphatic rings. The Kier molecular flexibility index (Phi) is 2.90. The predicted molar refractivity (Wildman–Crippen MR) is 61.1 cm³/mol. The molecular weight excluding hydrogens is 204 g/mol. The highest BCUT2D eigenvalue weighted by Crippen LogP contribution is 2.18. The first-order valence-corrected chi connectivity index (χ1v) is 5.27. The number of fused-ring (bicyclic) bond motifs is 1. The normalized spacial score (nSPS) is 10.6. The average molecular weight is 218 g/mol. The van der Waals surface area contributed by atoms with Crippen molar-refractivity contribution in [3.63, 3.8) is 0 Å². The van der Waals surface area contributed by atoms with E-state index in [-0.39, 0.29) is 12.4 Å². The molecule has 0 N–H and O–H groups in total. The number of methoxy groups -OCH3 is 1. The van der Waals surface area contributed by atoms with E-state index in [0.717, 1.165) is 23.1 Å². The molecule has 2 rings (SSSR count). The monoisotopic (exact) mass is 218 g/mol. The second kappa shape index (κ2) is 4.35. The number of carbonyl (C=O) groups excluding carboxylic acids is 1. The molecule has 0 radical (unpaired) electrons. The molecule has 0 aliphatic carbocycles. The van der Waals surface area contributed by atoms with Crippen LogP contribution >= 0.6 is 0 Å². The summed E-state index contributed by atoms with van der Waals surface area (Å²) in [5.41, 5.74) is 1.84. The minimum Gasteiger partial charge on any atom is -0.469 e. The van der Waals surface area contributed by atoms with Crippen molar-refractivity contribution in [1.29, 1.82) is 0 Å². The first-order valence-electron chi connectivity index (χ1n) is 5.27. The van der Waals surface area contributed by atoms with E-state index in [9.17, 15) is 4.79 Å². The number of rotatable bonds is 3. The van der Waals surface area contributed by atoms with Crippen molar-refractivity contribution in [3.8, 4) is 0 Å². The summed E-state index contributed by atoms with van der Waals surface area (Å²) in [6, 6.07) is 7.91. The molecule has 0 bridgehead atoms. The number of carbonyl (C=O) groups is 1. The summed E-state index contributed by atoms with van der Waals surface area (Å²) in [6.45, 7) is 2.82. The van der Waals surface area contributed by atoms with Gasteiger partial charge in [-0.15, -0.1) is 0 Å². The Morgan fingerprint density at radius 1 is 1.44 bits per heavy atom. The molecule has 1 heterocycles. The quantitative estimate of drug-likeness (QED) is 0.737. The van der Waals surface area contributed by atoms with Gasteiger partial charge in [-0.3, -0.25) is 9.48 Å². The van der Waals surface area contributed by atoms with E-state index in [1.165, 1.54) is 7.11 Å². The zero-order chi connectivity index (χ0) is 11.5. The first kappa shape index (κ1) is 10.7. The van der Waals surface area contributed by atoms with Gasteiger partial charge in [0.05, 0.1) is 24.7 Å². The number of hydrogen-bond donors (Lipinski definition) is 0. The summed E-state index contributed by atoms with van der Waals surface area (Å²) < 4.78 is 6.55. The van der Waals surface area contributed by atoms with Crippen molar-refractivity contribution in [2.45, 2.75) is 19.9 Å². The van der Waals surface area contributed by atoms with Gasteiger partial charge in [-0.25, -0.2) is 0 Å². The van der Waals surface area contributed by atoms with Crippen LogP contribution in [0.3, 0.4) is 0 Å². The van der Waals surface area contributed by atoms with Crippen molar-refractivity contribution in [1.82, 2.24) is 9.78 Å². The SMILES string of the molecule is CCn1nc(CC(=O)OC)c2ccccc21. The minimum absolute atomic E-state index is 0.226. The third-order valence-corrected chi connectivity index (χ3v) is 2.57. The maximum Gasteiger partial charge on any atom is 0.311 e.